The highest BCUT2D eigenvalue weighted by atomic mass is 79.9. The average Bonchev–Trinajstić information content (AvgIpc) is 3.07. The molecule has 1 aliphatic rings. The SMILES string of the molecule is COc1ccc2cc(Br)ccc2c1CN1C(=O)C(NC(=O)[C@H](C)N(C)C(=O)OC(C)(C)C)CNc2cc(C#N)ccc21. The Labute approximate surface area is 253 Å². The zero-order chi connectivity index (χ0) is 30.8. The highest BCUT2D eigenvalue weighted by molar-refractivity contribution is 9.10. The lowest BCUT2D eigenvalue weighted by Crippen LogP contribution is -2.55. The van der Waals surface area contributed by atoms with Gasteiger partial charge >= 0.3 is 6.09 Å². The Bertz CT molecular complexity index is 1580. The Balaban J connectivity index is 1.69. The maximum Gasteiger partial charge on any atom is 0.410 e. The maximum absolute atomic E-state index is 14.2. The van der Waals surface area contributed by atoms with E-state index < -0.39 is 29.7 Å². The number of benzene rings is 3. The number of likely N-dealkylation sites (N-methyl/N-ethyl adjacent to an activating group) is 1. The molecule has 0 fully saturated rings. The molecule has 11 heteroatoms. The fourth-order valence-corrected chi connectivity index (χ4v) is 5.06. The van der Waals surface area contributed by atoms with Crippen LogP contribution in [-0.2, 0) is 20.9 Å². The number of anilines is 2. The highest BCUT2D eigenvalue weighted by Gasteiger charge is 2.35. The number of hydrogen-bond donors (Lipinski definition) is 2. The molecule has 0 bridgehead atoms. The van der Waals surface area contributed by atoms with E-state index in [0.29, 0.717) is 22.7 Å². The summed E-state index contributed by atoms with van der Waals surface area (Å²) in [6.45, 7) is 7.01. The van der Waals surface area contributed by atoms with E-state index in [1.165, 1.54) is 11.9 Å². The van der Waals surface area contributed by atoms with E-state index in [4.69, 9.17) is 9.47 Å². The van der Waals surface area contributed by atoms with Gasteiger partial charge in [-0.05, 0) is 74.9 Å². The van der Waals surface area contributed by atoms with E-state index in [0.717, 1.165) is 20.8 Å². The zero-order valence-corrected chi connectivity index (χ0v) is 26.0. The minimum Gasteiger partial charge on any atom is -0.496 e. The molecule has 4 rings (SSSR count). The van der Waals surface area contributed by atoms with E-state index in [2.05, 4.69) is 32.6 Å². The number of hydrogen-bond acceptors (Lipinski definition) is 7. The minimum atomic E-state index is -0.972. The second-order valence-corrected chi connectivity index (χ2v) is 12.0. The fraction of sp³-hybridized carbons (Fsp3) is 0.355. The van der Waals surface area contributed by atoms with Crippen LogP contribution < -0.4 is 20.3 Å². The van der Waals surface area contributed by atoms with Crippen LogP contribution in [-0.4, -0.2) is 61.2 Å². The molecule has 1 aliphatic heterocycles. The van der Waals surface area contributed by atoms with Crippen LogP contribution in [0.2, 0.25) is 0 Å². The molecule has 3 aromatic carbocycles. The molecule has 0 spiro atoms. The quantitative estimate of drug-likeness (QED) is 0.382. The number of nitrogens with one attached hydrogen (secondary N) is 2. The van der Waals surface area contributed by atoms with Crippen molar-refractivity contribution in [3.63, 3.8) is 0 Å². The summed E-state index contributed by atoms with van der Waals surface area (Å²) in [5, 5.41) is 17.4. The van der Waals surface area contributed by atoms with Gasteiger partial charge in [0, 0.05) is 23.6 Å². The van der Waals surface area contributed by atoms with Crippen LogP contribution in [0, 0.1) is 11.3 Å². The molecular weight excluding hydrogens is 602 g/mol. The maximum atomic E-state index is 14.2. The molecule has 3 aromatic rings. The number of rotatable bonds is 6. The number of amides is 3. The van der Waals surface area contributed by atoms with Crippen LogP contribution >= 0.6 is 15.9 Å². The van der Waals surface area contributed by atoms with Gasteiger partial charge in [0.2, 0.25) is 5.91 Å². The van der Waals surface area contributed by atoms with Gasteiger partial charge in [-0.25, -0.2) is 4.79 Å². The Kier molecular flexibility index (Phi) is 8.97. The van der Waals surface area contributed by atoms with Crippen molar-refractivity contribution in [3.05, 3.63) is 64.1 Å². The van der Waals surface area contributed by atoms with Crippen molar-refractivity contribution in [3.8, 4) is 11.8 Å². The van der Waals surface area contributed by atoms with Crippen LogP contribution in [0.25, 0.3) is 10.8 Å². The average molecular weight is 637 g/mol. The van der Waals surface area contributed by atoms with Crippen molar-refractivity contribution in [2.24, 2.45) is 0 Å². The van der Waals surface area contributed by atoms with E-state index in [1.54, 1.807) is 57.9 Å². The molecule has 3 amide bonds. The smallest absolute Gasteiger partial charge is 0.410 e. The Morgan fingerprint density at radius 1 is 1.21 bits per heavy atom. The van der Waals surface area contributed by atoms with Crippen molar-refractivity contribution in [1.29, 1.82) is 5.26 Å². The lowest BCUT2D eigenvalue weighted by Gasteiger charge is -2.30. The lowest BCUT2D eigenvalue weighted by molar-refractivity contribution is -0.130. The van der Waals surface area contributed by atoms with Gasteiger partial charge in [0.05, 0.1) is 36.7 Å². The van der Waals surface area contributed by atoms with Crippen molar-refractivity contribution >= 4 is 56.0 Å². The first kappa shape index (κ1) is 30.7. The van der Waals surface area contributed by atoms with E-state index in [9.17, 15) is 19.6 Å². The number of ether oxygens (including phenoxy) is 2. The summed E-state index contributed by atoms with van der Waals surface area (Å²) in [7, 11) is 3.05. The third-order valence-electron chi connectivity index (χ3n) is 7.02. The van der Waals surface area contributed by atoms with Crippen LogP contribution in [0.1, 0.15) is 38.8 Å². The number of nitriles is 1. The van der Waals surface area contributed by atoms with Gasteiger partial charge in [0.1, 0.15) is 23.4 Å². The predicted octanol–water partition coefficient (Wildman–Crippen LogP) is 5.18. The summed E-state index contributed by atoms with van der Waals surface area (Å²) < 4.78 is 12.0. The summed E-state index contributed by atoms with van der Waals surface area (Å²) in [6, 6.07) is 15.0. The zero-order valence-electron chi connectivity index (χ0n) is 24.4. The van der Waals surface area contributed by atoms with Gasteiger partial charge in [-0.15, -0.1) is 0 Å². The van der Waals surface area contributed by atoms with Crippen LogP contribution in [0.4, 0.5) is 16.2 Å². The van der Waals surface area contributed by atoms with Crippen molar-refractivity contribution in [2.45, 2.75) is 51.9 Å². The molecule has 0 aliphatic carbocycles. The van der Waals surface area contributed by atoms with Crippen molar-refractivity contribution in [1.82, 2.24) is 10.2 Å². The van der Waals surface area contributed by atoms with E-state index in [1.807, 2.05) is 30.3 Å². The van der Waals surface area contributed by atoms with Crippen LogP contribution in [0.15, 0.2) is 53.0 Å². The molecule has 1 unspecified atom stereocenters. The Morgan fingerprint density at radius 3 is 2.62 bits per heavy atom. The molecule has 1 heterocycles. The summed E-state index contributed by atoms with van der Waals surface area (Å²) in [5.74, 6) is -0.263. The normalized spacial score (nSPS) is 15.5. The van der Waals surface area contributed by atoms with Gasteiger partial charge < -0.3 is 25.0 Å². The Morgan fingerprint density at radius 2 is 1.95 bits per heavy atom. The lowest BCUT2D eigenvalue weighted by atomic mass is 10.0. The fourth-order valence-electron chi connectivity index (χ4n) is 4.68. The topological polar surface area (TPSA) is 124 Å². The van der Waals surface area contributed by atoms with Crippen molar-refractivity contribution < 1.29 is 23.9 Å². The monoisotopic (exact) mass is 635 g/mol. The molecule has 10 nitrogen and oxygen atoms in total. The largest absolute Gasteiger partial charge is 0.496 e. The van der Waals surface area contributed by atoms with Gasteiger partial charge in [-0.2, -0.15) is 5.26 Å². The molecule has 0 saturated carbocycles. The molecule has 220 valence electrons. The first-order valence-corrected chi connectivity index (χ1v) is 14.2. The minimum absolute atomic E-state index is 0.0748. The standard InChI is InChI=1S/C31H34BrN5O5/c1-18(36(5)30(40)42-31(2,3)4)28(38)35-25-16-34-24-13-19(15-33)7-11-26(24)37(29(25)39)17-23-22-10-9-21(32)14-20(22)8-12-27(23)41-6/h7-14,18,25,34H,16-17H2,1-6H3,(H,35,38)/t18-,25?/m0/s1. The number of methoxy groups -OCH3 is 1. The van der Waals surface area contributed by atoms with Crippen molar-refractivity contribution in [2.75, 3.05) is 30.9 Å². The number of carbonyl (C=O) groups excluding carboxylic acids is 3. The highest BCUT2D eigenvalue weighted by Crippen LogP contribution is 2.36. The molecule has 0 saturated heterocycles. The number of halogens is 1. The molecule has 42 heavy (non-hydrogen) atoms. The summed E-state index contributed by atoms with van der Waals surface area (Å²) in [5.41, 5.74) is 1.63. The molecule has 2 atom stereocenters. The first-order chi connectivity index (χ1) is 19.8. The Hall–Kier alpha value is -4.30. The third kappa shape index (κ3) is 6.60. The van der Waals surface area contributed by atoms with Crippen LogP contribution in [0.5, 0.6) is 5.75 Å². The molecule has 2 N–H and O–H groups in total. The summed E-state index contributed by atoms with van der Waals surface area (Å²) in [4.78, 5) is 42.8. The molecular formula is C31H34BrN5O5. The first-order valence-electron chi connectivity index (χ1n) is 13.4. The van der Waals surface area contributed by atoms with Gasteiger partial charge in [0.25, 0.3) is 5.91 Å². The third-order valence-corrected chi connectivity index (χ3v) is 7.52. The molecule has 0 aromatic heterocycles. The summed E-state index contributed by atoms with van der Waals surface area (Å²) >= 11 is 3.52. The van der Waals surface area contributed by atoms with Gasteiger partial charge in [-0.1, -0.05) is 28.1 Å². The summed E-state index contributed by atoms with van der Waals surface area (Å²) in [6.07, 6.45) is -0.650. The molecule has 0 radical (unpaired) electrons. The number of fused-ring (bicyclic) bond motifs is 2. The number of nitrogens with zero attached hydrogens (tertiary/aromatic N) is 3. The van der Waals surface area contributed by atoms with Crippen LogP contribution in [0.3, 0.4) is 0 Å². The van der Waals surface area contributed by atoms with E-state index in [-0.39, 0.29) is 19.0 Å². The van der Waals surface area contributed by atoms with Gasteiger partial charge in [0.15, 0.2) is 0 Å². The second-order valence-electron chi connectivity index (χ2n) is 11.1. The van der Waals surface area contributed by atoms with E-state index >= 15 is 0 Å². The second kappa shape index (κ2) is 12.3. The van der Waals surface area contributed by atoms with Gasteiger partial charge in [-0.3, -0.25) is 14.5 Å². The predicted molar refractivity (Wildman–Crippen MR) is 164 cm³/mol. The number of carbonyl (C=O) groups is 3.